The second-order valence-electron chi connectivity index (χ2n) is 9.61. The third-order valence-electron chi connectivity index (χ3n) is 6.24. The molecule has 0 saturated heterocycles. The lowest BCUT2D eigenvalue weighted by atomic mass is 9.93. The van der Waals surface area contributed by atoms with Crippen molar-refractivity contribution in [2.24, 2.45) is 5.92 Å². The lowest BCUT2D eigenvalue weighted by molar-refractivity contribution is -0.0219. The molecule has 1 unspecified atom stereocenters. The minimum absolute atomic E-state index is 0.0218. The molecule has 1 saturated carbocycles. The first kappa shape index (κ1) is 22.8. The Kier molecular flexibility index (Phi) is 7.14. The van der Waals surface area contributed by atoms with Crippen molar-refractivity contribution >= 4 is 10.8 Å². The first-order valence-corrected chi connectivity index (χ1v) is 11.6. The lowest BCUT2D eigenvalue weighted by Gasteiger charge is -2.29. The number of fused-ring (bicyclic) bond motifs is 1. The van der Waals surface area contributed by atoms with Crippen molar-refractivity contribution in [1.82, 2.24) is 5.32 Å². The van der Waals surface area contributed by atoms with Gasteiger partial charge in [0.25, 0.3) is 0 Å². The summed E-state index contributed by atoms with van der Waals surface area (Å²) in [5.74, 6) is 1.37. The second-order valence-corrected chi connectivity index (χ2v) is 9.61. The Hall–Kier alpha value is -2.40. The highest BCUT2D eigenvalue weighted by atomic mass is 16.5. The zero-order valence-corrected chi connectivity index (χ0v) is 19.4. The highest BCUT2D eigenvalue weighted by Gasteiger charge is 2.35. The summed E-state index contributed by atoms with van der Waals surface area (Å²) in [5, 5.41) is 16.7. The van der Waals surface area contributed by atoms with Crippen LogP contribution in [0.3, 0.4) is 0 Å². The molecule has 0 spiro atoms. The number of β-amino-alcohol motifs (C(OH)–C–C–N with tert-alkyl or cyclic N) is 1. The molecule has 0 bridgehead atoms. The maximum atomic E-state index is 10.6. The molecule has 4 heteroatoms. The number of rotatable bonds is 11. The lowest BCUT2D eigenvalue weighted by Crippen LogP contribution is -2.46. The van der Waals surface area contributed by atoms with E-state index in [0.29, 0.717) is 19.1 Å². The maximum absolute atomic E-state index is 10.6. The maximum Gasteiger partial charge on any atom is 0.124 e. The van der Waals surface area contributed by atoms with E-state index in [1.54, 1.807) is 7.11 Å². The predicted molar refractivity (Wildman–Crippen MR) is 130 cm³/mol. The molecule has 1 aliphatic carbocycles. The van der Waals surface area contributed by atoms with Crippen LogP contribution in [0.5, 0.6) is 5.75 Å². The van der Waals surface area contributed by atoms with Gasteiger partial charge >= 0.3 is 0 Å². The molecule has 2 N–H and O–H groups in total. The van der Waals surface area contributed by atoms with E-state index in [1.165, 1.54) is 16.3 Å². The van der Waals surface area contributed by atoms with Crippen LogP contribution in [0.2, 0.25) is 0 Å². The highest BCUT2D eigenvalue weighted by Crippen LogP contribution is 2.45. The van der Waals surface area contributed by atoms with Crippen molar-refractivity contribution < 1.29 is 14.6 Å². The number of hydrogen-bond acceptors (Lipinski definition) is 4. The van der Waals surface area contributed by atoms with Gasteiger partial charge < -0.3 is 19.9 Å². The largest absolute Gasteiger partial charge is 0.496 e. The van der Waals surface area contributed by atoms with Crippen molar-refractivity contribution in [3.8, 4) is 5.75 Å². The van der Waals surface area contributed by atoms with Gasteiger partial charge in [0.1, 0.15) is 5.75 Å². The van der Waals surface area contributed by atoms with Crippen LogP contribution in [0.25, 0.3) is 10.8 Å². The Labute approximate surface area is 191 Å². The van der Waals surface area contributed by atoms with Gasteiger partial charge in [0.15, 0.2) is 0 Å². The number of aliphatic hydroxyl groups excluding tert-OH is 1. The van der Waals surface area contributed by atoms with Crippen molar-refractivity contribution in [2.45, 2.75) is 50.9 Å². The van der Waals surface area contributed by atoms with Crippen LogP contribution >= 0.6 is 0 Å². The molecule has 2 atom stereocenters. The summed E-state index contributed by atoms with van der Waals surface area (Å²) in [5.41, 5.74) is 2.23. The molecule has 0 aromatic heterocycles. The van der Waals surface area contributed by atoms with Gasteiger partial charge in [0, 0.05) is 17.6 Å². The Morgan fingerprint density at radius 1 is 1.00 bits per heavy atom. The zero-order valence-electron chi connectivity index (χ0n) is 19.4. The minimum atomic E-state index is -0.568. The summed E-state index contributed by atoms with van der Waals surface area (Å²) in [6, 6.07) is 23.1. The number of ether oxygens (including phenoxy) is 2. The normalized spacial score (nSPS) is 16.1. The molecular formula is C28H35NO3. The van der Waals surface area contributed by atoms with Crippen LogP contribution in [0.15, 0.2) is 66.7 Å². The number of aliphatic hydroxyl groups is 1. The SMILES string of the molecule is COc1ccccc1C(OC[C@H](O)CNC(C)(C)Cc1ccc2ccccc2c1)C1CC1. The summed E-state index contributed by atoms with van der Waals surface area (Å²) >= 11 is 0. The van der Waals surface area contributed by atoms with Gasteiger partial charge in [-0.2, -0.15) is 0 Å². The van der Waals surface area contributed by atoms with Crippen LogP contribution < -0.4 is 10.1 Å². The molecule has 4 nitrogen and oxygen atoms in total. The topological polar surface area (TPSA) is 50.7 Å². The smallest absolute Gasteiger partial charge is 0.124 e. The fourth-order valence-electron chi connectivity index (χ4n) is 4.37. The summed E-state index contributed by atoms with van der Waals surface area (Å²) in [7, 11) is 1.69. The quantitative estimate of drug-likeness (QED) is 0.432. The Morgan fingerprint density at radius 2 is 1.72 bits per heavy atom. The van der Waals surface area contributed by atoms with Gasteiger partial charge in [-0.25, -0.2) is 0 Å². The molecule has 1 fully saturated rings. The van der Waals surface area contributed by atoms with Crippen LogP contribution in [-0.4, -0.2) is 37.0 Å². The molecule has 170 valence electrons. The van der Waals surface area contributed by atoms with E-state index in [2.05, 4.69) is 67.7 Å². The van der Waals surface area contributed by atoms with Crippen LogP contribution in [-0.2, 0) is 11.2 Å². The van der Waals surface area contributed by atoms with Gasteiger partial charge in [0.05, 0.1) is 25.9 Å². The first-order chi connectivity index (χ1) is 15.4. The van der Waals surface area contributed by atoms with E-state index in [9.17, 15) is 5.11 Å². The fraction of sp³-hybridized carbons (Fsp3) is 0.429. The number of methoxy groups -OCH3 is 1. The van der Waals surface area contributed by atoms with Gasteiger partial charge in [-0.1, -0.05) is 60.7 Å². The molecule has 0 radical (unpaired) electrons. The average Bonchev–Trinajstić information content (AvgIpc) is 3.63. The van der Waals surface area contributed by atoms with Crippen molar-refractivity contribution in [2.75, 3.05) is 20.3 Å². The third kappa shape index (κ3) is 5.89. The Bertz CT molecular complexity index is 1030. The van der Waals surface area contributed by atoms with Gasteiger partial charge in [-0.05, 0) is 61.4 Å². The molecule has 3 aromatic rings. The summed E-state index contributed by atoms with van der Waals surface area (Å²) in [6.45, 7) is 5.15. The fourth-order valence-corrected chi connectivity index (χ4v) is 4.37. The van der Waals surface area contributed by atoms with Gasteiger partial charge in [-0.3, -0.25) is 0 Å². The standard InChI is InChI=1S/C28H35NO3/c1-28(2,17-20-12-13-21-8-4-5-9-23(21)16-20)29-18-24(30)19-32-27(22-14-15-22)25-10-6-7-11-26(25)31-3/h4-13,16,22,24,27,29-30H,14-15,17-19H2,1-3H3/t24-,27?/m1/s1. The van der Waals surface area contributed by atoms with Crippen LogP contribution in [0, 0.1) is 5.92 Å². The number of benzene rings is 3. The summed E-state index contributed by atoms with van der Waals surface area (Å²) in [4.78, 5) is 0. The van der Waals surface area contributed by atoms with Crippen LogP contribution in [0.4, 0.5) is 0 Å². The molecule has 4 rings (SSSR count). The molecule has 0 amide bonds. The summed E-state index contributed by atoms with van der Waals surface area (Å²) < 4.78 is 11.7. The number of hydrogen-bond donors (Lipinski definition) is 2. The van der Waals surface area contributed by atoms with Crippen molar-refractivity contribution in [3.05, 3.63) is 77.9 Å². The second kappa shape index (κ2) is 10.0. The van der Waals surface area contributed by atoms with E-state index in [4.69, 9.17) is 9.47 Å². The zero-order chi connectivity index (χ0) is 22.6. The molecule has 0 aliphatic heterocycles. The minimum Gasteiger partial charge on any atom is -0.496 e. The van der Waals surface area contributed by atoms with Crippen molar-refractivity contribution in [1.29, 1.82) is 0 Å². The molecule has 0 heterocycles. The molecule has 3 aromatic carbocycles. The Balaban J connectivity index is 1.30. The first-order valence-electron chi connectivity index (χ1n) is 11.6. The third-order valence-corrected chi connectivity index (χ3v) is 6.24. The monoisotopic (exact) mass is 433 g/mol. The summed E-state index contributed by atoms with van der Waals surface area (Å²) in [6.07, 6.45) is 2.62. The van der Waals surface area contributed by atoms with Crippen molar-refractivity contribution in [3.63, 3.8) is 0 Å². The van der Waals surface area contributed by atoms with E-state index < -0.39 is 6.10 Å². The average molecular weight is 434 g/mol. The van der Waals surface area contributed by atoms with Gasteiger partial charge in [-0.15, -0.1) is 0 Å². The van der Waals surface area contributed by atoms with Gasteiger partial charge in [0.2, 0.25) is 0 Å². The Morgan fingerprint density at radius 3 is 2.47 bits per heavy atom. The number of para-hydroxylation sites is 1. The number of nitrogens with one attached hydrogen (secondary N) is 1. The van der Waals surface area contributed by atoms with Crippen LogP contribution in [0.1, 0.15) is 43.9 Å². The van der Waals surface area contributed by atoms with E-state index in [0.717, 1.165) is 30.6 Å². The molecule has 1 aliphatic rings. The van der Waals surface area contributed by atoms with E-state index in [-0.39, 0.29) is 11.6 Å². The highest BCUT2D eigenvalue weighted by molar-refractivity contribution is 5.83. The molecular weight excluding hydrogens is 398 g/mol. The van der Waals surface area contributed by atoms with E-state index in [1.807, 2.05) is 18.2 Å². The van der Waals surface area contributed by atoms with E-state index >= 15 is 0 Å². The molecule has 32 heavy (non-hydrogen) atoms. The predicted octanol–water partition coefficient (Wildman–Crippen LogP) is 5.29.